The topological polar surface area (TPSA) is 26.0 Å². The number of nitrogens with two attached hydrogens (primary N) is 1. The van der Waals surface area contributed by atoms with Gasteiger partial charge in [-0.25, -0.2) is 0 Å². The summed E-state index contributed by atoms with van der Waals surface area (Å²) in [6.07, 6.45) is 8.31. The lowest BCUT2D eigenvalue weighted by atomic mass is 9.81. The molecule has 0 radical (unpaired) electrons. The first-order chi connectivity index (χ1) is 8.31. The molecule has 2 heteroatoms. The molecule has 2 N–H and O–H groups in total. The van der Waals surface area contributed by atoms with Gasteiger partial charge in [-0.05, 0) is 48.9 Å². The number of benzene rings is 1. The molecule has 0 spiro atoms. The van der Waals surface area contributed by atoms with Gasteiger partial charge in [0, 0.05) is 4.47 Å². The van der Waals surface area contributed by atoms with Crippen LogP contribution >= 0.6 is 15.9 Å². The lowest BCUT2D eigenvalue weighted by molar-refractivity contribution is 0.380. The molecule has 2 rings (SSSR count). The smallest absolute Gasteiger partial charge is 0.0175 e. The maximum atomic E-state index is 6.01. The summed E-state index contributed by atoms with van der Waals surface area (Å²) in [7, 11) is 0. The van der Waals surface area contributed by atoms with E-state index in [2.05, 4.69) is 40.2 Å². The van der Waals surface area contributed by atoms with Crippen LogP contribution in [-0.4, -0.2) is 6.54 Å². The monoisotopic (exact) mass is 295 g/mol. The van der Waals surface area contributed by atoms with Gasteiger partial charge in [-0.1, -0.05) is 53.7 Å². The second-order valence-corrected chi connectivity index (χ2v) is 6.06. The molecule has 1 aliphatic rings. The molecule has 1 fully saturated rings. The molecule has 1 nitrogen and oxygen atoms in total. The molecule has 1 aromatic rings. The largest absolute Gasteiger partial charge is 0.330 e. The van der Waals surface area contributed by atoms with Crippen molar-refractivity contribution in [2.24, 2.45) is 11.7 Å². The van der Waals surface area contributed by atoms with Gasteiger partial charge >= 0.3 is 0 Å². The van der Waals surface area contributed by atoms with Gasteiger partial charge in [-0.15, -0.1) is 0 Å². The Hall–Kier alpha value is -0.340. The minimum absolute atomic E-state index is 0.557. The Morgan fingerprint density at radius 2 is 1.65 bits per heavy atom. The molecule has 1 atom stereocenters. The van der Waals surface area contributed by atoms with Crippen LogP contribution in [0.5, 0.6) is 0 Å². The van der Waals surface area contributed by atoms with Gasteiger partial charge in [-0.2, -0.15) is 0 Å². The summed E-state index contributed by atoms with van der Waals surface area (Å²) in [5.74, 6) is 1.35. The highest BCUT2D eigenvalue weighted by atomic mass is 79.9. The Morgan fingerprint density at radius 1 is 1.06 bits per heavy atom. The molecular formula is C15H22BrN. The molecule has 0 aliphatic heterocycles. The molecular weight excluding hydrogens is 274 g/mol. The third-order valence-electron chi connectivity index (χ3n) is 4.02. The Bertz CT molecular complexity index is 325. The Balaban J connectivity index is 2.11. The Morgan fingerprint density at radius 3 is 2.18 bits per heavy atom. The third kappa shape index (κ3) is 3.56. The third-order valence-corrected chi connectivity index (χ3v) is 4.55. The highest BCUT2D eigenvalue weighted by Crippen LogP contribution is 2.34. The van der Waals surface area contributed by atoms with E-state index in [4.69, 9.17) is 5.73 Å². The summed E-state index contributed by atoms with van der Waals surface area (Å²) < 4.78 is 1.15. The van der Waals surface area contributed by atoms with E-state index < -0.39 is 0 Å². The Kier molecular flexibility index (Phi) is 5.05. The van der Waals surface area contributed by atoms with Gasteiger partial charge in [0.2, 0.25) is 0 Å². The summed E-state index contributed by atoms with van der Waals surface area (Å²) in [5.41, 5.74) is 7.43. The number of hydrogen-bond donors (Lipinski definition) is 1. The first kappa shape index (κ1) is 13.1. The molecule has 0 saturated heterocycles. The van der Waals surface area contributed by atoms with E-state index in [1.165, 1.54) is 44.1 Å². The predicted octanol–water partition coefficient (Wildman–Crippen LogP) is 4.46. The van der Waals surface area contributed by atoms with Crippen LogP contribution in [0.4, 0.5) is 0 Å². The maximum Gasteiger partial charge on any atom is 0.0175 e. The summed E-state index contributed by atoms with van der Waals surface area (Å²) in [5, 5.41) is 0. The lowest BCUT2D eigenvalue weighted by Crippen LogP contribution is -2.21. The number of rotatable bonds is 3. The van der Waals surface area contributed by atoms with Crippen LogP contribution in [0.1, 0.15) is 50.0 Å². The molecule has 94 valence electrons. The number of hydrogen-bond acceptors (Lipinski definition) is 1. The summed E-state index contributed by atoms with van der Waals surface area (Å²) in [6.45, 7) is 0.784. The predicted molar refractivity (Wildman–Crippen MR) is 77.1 cm³/mol. The van der Waals surface area contributed by atoms with Gasteiger partial charge in [0.1, 0.15) is 0 Å². The fraction of sp³-hybridized carbons (Fsp3) is 0.600. The Labute approximate surface area is 113 Å². The van der Waals surface area contributed by atoms with Crippen LogP contribution < -0.4 is 5.73 Å². The zero-order chi connectivity index (χ0) is 12.1. The molecule has 0 heterocycles. The van der Waals surface area contributed by atoms with Crippen molar-refractivity contribution in [1.82, 2.24) is 0 Å². The molecule has 0 amide bonds. The molecule has 0 bridgehead atoms. The molecule has 0 unspecified atom stereocenters. The first-order valence-corrected chi connectivity index (χ1v) is 7.56. The van der Waals surface area contributed by atoms with Crippen molar-refractivity contribution in [2.75, 3.05) is 6.54 Å². The molecule has 0 aromatic heterocycles. The van der Waals surface area contributed by atoms with E-state index in [0.717, 1.165) is 16.9 Å². The van der Waals surface area contributed by atoms with Gasteiger partial charge in [-0.3, -0.25) is 0 Å². The van der Waals surface area contributed by atoms with Crippen molar-refractivity contribution in [2.45, 2.75) is 44.4 Å². The second-order valence-electron chi connectivity index (χ2n) is 5.15. The fourth-order valence-corrected chi connectivity index (χ4v) is 3.29. The van der Waals surface area contributed by atoms with E-state index in [1.807, 2.05) is 0 Å². The zero-order valence-corrected chi connectivity index (χ0v) is 12.0. The van der Waals surface area contributed by atoms with Crippen LogP contribution in [0.15, 0.2) is 28.7 Å². The van der Waals surface area contributed by atoms with E-state index >= 15 is 0 Å². The van der Waals surface area contributed by atoms with Crippen LogP contribution in [0.25, 0.3) is 0 Å². The average Bonchev–Trinajstić information content (AvgIpc) is 2.62. The van der Waals surface area contributed by atoms with Crippen molar-refractivity contribution in [1.29, 1.82) is 0 Å². The quantitative estimate of drug-likeness (QED) is 0.819. The van der Waals surface area contributed by atoms with E-state index in [1.54, 1.807) is 0 Å². The fourth-order valence-electron chi connectivity index (χ4n) is 3.02. The van der Waals surface area contributed by atoms with Crippen LogP contribution in [-0.2, 0) is 0 Å². The van der Waals surface area contributed by atoms with Gasteiger partial charge < -0.3 is 5.73 Å². The minimum atomic E-state index is 0.557. The van der Waals surface area contributed by atoms with Crippen molar-refractivity contribution in [3.05, 3.63) is 34.3 Å². The summed E-state index contributed by atoms with van der Waals surface area (Å²) in [6, 6.07) is 8.72. The van der Waals surface area contributed by atoms with Gasteiger partial charge in [0.05, 0.1) is 0 Å². The summed E-state index contributed by atoms with van der Waals surface area (Å²) in [4.78, 5) is 0. The van der Waals surface area contributed by atoms with Crippen LogP contribution in [0, 0.1) is 5.92 Å². The standard InChI is InChI=1S/C15H22BrN/c16-14-9-7-13(8-10-14)15(11-17)12-5-3-1-2-4-6-12/h7-10,12,15H,1-6,11,17H2/t15-/m1/s1. The number of halogens is 1. The lowest BCUT2D eigenvalue weighted by Gasteiger charge is -2.25. The molecule has 1 saturated carbocycles. The normalized spacial score (nSPS) is 19.9. The first-order valence-electron chi connectivity index (χ1n) is 6.77. The van der Waals surface area contributed by atoms with Crippen molar-refractivity contribution in [3.8, 4) is 0 Å². The van der Waals surface area contributed by atoms with E-state index in [-0.39, 0.29) is 0 Å². The van der Waals surface area contributed by atoms with E-state index in [9.17, 15) is 0 Å². The second kappa shape index (κ2) is 6.55. The average molecular weight is 296 g/mol. The van der Waals surface area contributed by atoms with Crippen LogP contribution in [0.2, 0.25) is 0 Å². The molecule has 17 heavy (non-hydrogen) atoms. The maximum absolute atomic E-state index is 6.01. The van der Waals surface area contributed by atoms with Crippen molar-refractivity contribution < 1.29 is 0 Å². The van der Waals surface area contributed by atoms with Gasteiger partial charge in [0.15, 0.2) is 0 Å². The SMILES string of the molecule is NC[C@@H](c1ccc(Br)cc1)C1CCCCCC1. The molecule has 1 aliphatic carbocycles. The van der Waals surface area contributed by atoms with Crippen LogP contribution in [0.3, 0.4) is 0 Å². The van der Waals surface area contributed by atoms with E-state index in [0.29, 0.717) is 5.92 Å². The summed E-state index contributed by atoms with van der Waals surface area (Å²) >= 11 is 3.49. The molecule has 1 aromatic carbocycles. The van der Waals surface area contributed by atoms with Crippen molar-refractivity contribution >= 4 is 15.9 Å². The van der Waals surface area contributed by atoms with Crippen molar-refractivity contribution in [3.63, 3.8) is 0 Å². The highest BCUT2D eigenvalue weighted by molar-refractivity contribution is 9.10. The highest BCUT2D eigenvalue weighted by Gasteiger charge is 2.22. The van der Waals surface area contributed by atoms with Gasteiger partial charge in [0.25, 0.3) is 0 Å². The zero-order valence-electron chi connectivity index (χ0n) is 10.4. The minimum Gasteiger partial charge on any atom is -0.330 e.